The van der Waals surface area contributed by atoms with Gasteiger partial charge in [0.05, 0.1) is 6.33 Å². The summed E-state index contributed by atoms with van der Waals surface area (Å²) >= 11 is 6.02. The Morgan fingerprint density at radius 1 is 1.24 bits per heavy atom. The van der Waals surface area contributed by atoms with Gasteiger partial charge in [-0.2, -0.15) is 9.97 Å². The molecule has 0 aliphatic rings. The number of imidazole rings is 1. The van der Waals surface area contributed by atoms with Gasteiger partial charge >= 0.3 is 0 Å². The van der Waals surface area contributed by atoms with Crippen LogP contribution in [0.3, 0.4) is 0 Å². The van der Waals surface area contributed by atoms with Gasteiger partial charge in [-0.1, -0.05) is 33.1 Å². The number of aromatic nitrogens is 4. The molecule has 2 heterocycles. The molecule has 0 amide bonds. The van der Waals surface area contributed by atoms with Gasteiger partial charge in [-0.15, -0.1) is 0 Å². The lowest BCUT2D eigenvalue weighted by molar-refractivity contribution is 0.573. The maximum absolute atomic E-state index is 6.02. The van der Waals surface area contributed by atoms with Crippen molar-refractivity contribution in [2.24, 2.45) is 0 Å². The minimum absolute atomic E-state index is 0.245. The molecule has 0 aromatic carbocycles. The van der Waals surface area contributed by atoms with E-state index in [1.165, 1.54) is 19.3 Å². The van der Waals surface area contributed by atoms with Crippen LogP contribution in [0.4, 0.5) is 5.82 Å². The lowest BCUT2D eigenvalue weighted by Crippen LogP contribution is -2.20. The van der Waals surface area contributed by atoms with Gasteiger partial charge in [0.15, 0.2) is 11.5 Å². The third-order valence-corrected chi connectivity index (χ3v) is 3.94. The summed E-state index contributed by atoms with van der Waals surface area (Å²) in [6, 6.07) is 0.408. The molecular weight excluding hydrogens is 286 g/mol. The lowest BCUT2D eigenvalue weighted by atomic mass is 10.1. The van der Waals surface area contributed by atoms with E-state index in [0.717, 1.165) is 30.7 Å². The van der Waals surface area contributed by atoms with E-state index in [1.54, 1.807) is 6.33 Å². The van der Waals surface area contributed by atoms with Crippen molar-refractivity contribution in [2.45, 2.75) is 65.5 Å². The van der Waals surface area contributed by atoms with Crippen LogP contribution in [0.1, 0.15) is 52.9 Å². The molecule has 1 N–H and O–H groups in total. The predicted molar refractivity (Wildman–Crippen MR) is 87.9 cm³/mol. The smallest absolute Gasteiger partial charge is 0.226 e. The van der Waals surface area contributed by atoms with E-state index < -0.39 is 0 Å². The number of rotatable bonds is 8. The average molecular weight is 310 g/mol. The van der Waals surface area contributed by atoms with Crippen LogP contribution >= 0.6 is 11.6 Å². The van der Waals surface area contributed by atoms with E-state index >= 15 is 0 Å². The number of fused-ring (bicyclic) bond motifs is 1. The normalized spacial score (nSPS) is 12.8. The van der Waals surface area contributed by atoms with Crippen molar-refractivity contribution in [3.8, 4) is 0 Å². The molecule has 116 valence electrons. The molecule has 0 aliphatic carbocycles. The Kier molecular flexibility index (Phi) is 5.79. The van der Waals surface area contributed by atoms with Gasteiger partial charge in [0.1, 0.15) is 5.52 Å². The van der Waals surface area contributed by atoms with E-state index in [1.807, 2.05) is 4.57 Å². The molecule has 0 spiro atoms. The molecule has 2 aromatic rings. The Hall–Kier alpha value is -1.36. The van der Waals surface area contributed by atoms with Crippen LogP contribution in [0, 0.1) is 0 Å². The summed E-state index contributed by atoms with van der Waals surface area (Å²) in [5.74, 6) is 0.799. The van der Waals surface area contributed by atoms with Crippen molar-refractivity contribution in [3.63, 3.8) is 0 Å². The molecule has 0 aliphatic heterocycles. The Morgan fingerprint density at radius 2 is 2.05 bits per heavy atom. The first-order chi connectivity index (χ1) is 10.2. The molecule has 1 atom stereocenters. The number of halogens is 1. The molecule has 0 saturated carbocycles. The number of hydrogen-bond donors (Lipinski definition) is 1. The number of nitrogens with zero attached hydrogens (tertiary/aromatic N) is 4. The van der Waals surface area contributed by atoms with Gasteiger partial charge in [-0.25, -0.2) is 4.98 Å². The van der Waals surface area contributed by atoms with Crippen LogP contribution in [0.25, 0.3) is 11.2 Å². The second-order valence-corrected chi connectivity index (χ2v) is 5.63. The van der Waals surface area contributed by atoms with Crippen LogP contribution in [-0.4, -0.2) is 25.6 Å². The number of unbranched alkanes of at least 4 members (excludes halogenated alkanes) is 2. The highest BCUT2D eigenvalue weighted by Crippen LogP contribution is 2.23. The summed E-state index contributed by atoms with van der Waals surface area (Å²) in [6.45, 7) is 7.34. The SMILES string of the molecule is CCCCCC(CC)Nc1nc(Cl)nc2ncn(CC)c12. The first kappa shape index (κ1) is 16.0. The van der Waals surface area contributed by atoms with Gasteiger partial charge in [-0.05, 0) is 31.4 Å². The highest BCUT2D eigenvalue weighted by Gasteiger charge is 2.15. The third-order valence-electron chi connectivity index (χ3n) is 3.78. The molecule has 0 saturated heterocycles. The Bertz CT molecular complexity index is 581. The van der Waals surface area contributed by atoms with E-state index in [9.17, 15) is 0 Å². The third kappa shape index (κ3) is 3.84. The van der Waals surface area contributed by atoms with E-state index in [2.05, 4.69) is 41.0 Å². The van der Waals surface area contributed by atoms with Gasteiger partial charge < -0.3 is 9.88 Å². The fourth-order valence-corrected chi connectivity index (χ4v) is 2.67. The van der Waals surface area contributed by atoms with Crippen LogP contribution in [0.2, 0.25) is 5.28 Å². The van der Waals surface area contributed by atoms with Gasteiger partial charge in [0, 0.05) is 12.6 Å². The molecule has 5 nitrogen and oxygen atoms in total. The molecule has 6 heteroatoms. The summed E-state index contributed by atoms with van der Waals surface area (Å²) in [5.41, 5.74) is 1.60. The van der Waals surface area contributed by atoms with E-state index in [4.69, 9.17) is 11.6 Å². The van der Waals surface area contributed by atoms with Gasteiger partial charge in [0.25, 0.3) is 0 Å². The first-order valence-corrected chi connectivity index (χ1v) is 8.22. The van der Waals surface area contributed by atoms with Crippen molar-refractivity contribution in [3.05, 3.63) is 11.6 Å². The first-order valence-electron chi connectivity index (χ1n) is 7.84. The van der Waals surface area contributed by atoms with Crippen molar-refractivity contribution in [1.29, 1.82) is 0 Å². The lowest BCUT2D eigenvalue weighted by Gasteiger charge is -2.18. The predicted octanol–water partition coefficient (Wildman–Crippen LogP) is 4.27. The molecule has 2 aromatic heterocycles. The molecule has 2 rings (SSSR count). The van der Waals surface area contributed by atoms with Crippen molar-refractivity contribution >= 4 is 28.6 Å². The quantitative estimate of drug-likeness (QED) is 0.584. The second-order valence-electron chi connectivity index (χ2n) is 5.29. The molecule has 0 radical (unpaired) electrons. The second kappa shape index (κ2) is 7.59. The zero-order valence-electron chi connectivity index (χ0n) is 13.1. The number of hydrogen-bond acceptors (Lipinski definition) is 4. The Balaban J connectivity index is 2.24. The highest BCUT2D eigenvalue weighted by molar-refractivity contribution is 6.28. The van der Waals surface area contributed by atoms with Crippen LogP contribution in [-0.2, 0) is 6.54 Å². The summed E-state index contributed by atoms with van der Waals surface area (Å²) in [7, 11) is 0. The number of anilines is 1. The zero-order valence-corrected chi connectivity index (χ0v) is 13.8. The summed E-state index contributed by atoms with van der Waals surface area (Å²) < 4.78 is 2.05. The Morgan fingerprint density at radius 3 is 2.71 bits per heavy atom. The maximum Gasteiger partial charge on any atom is 0.226 e. The van der Waals surface area contributed by atoms with Gasteiger partial charge in [-0.3, -0.25) is 0 Å². The summed E-state index contributed by atoms with van der Waals surface area (Å²) in [6.07, 6.45) is 7.74. The number of aryl methyl sites for hydroxylation is 1. The topological polar surface area (TPSA) is 55.6 Å². The largest absolute Gasteiger partial charge is 0.365 e. The van der Waals surface area contributed by atoms with Crippen LogP contribution < -0.4 is 5.32 Å². The fraction of sp³-hybridized carbons (Fsp3) is 0.667. The Labute approximate surface area is 131 Å². The van der Waals surface area contributed by atoms with E-state index in [0.29, 0.717) is 11.7 Å². The van der Waals surface area contributed by atoms with Crippen molar-refractivity contribution in [2.75, 3.05) is 5.32 Å². The molecule has 21 heavy (non-hydrogen) atoms. The molecule has 1 unspecified atom stereocenters. The maximum atomic E-state index is 6.02. The molecule has 0 fully saturated rings. The monoisotopic (exact) mass is 309 g/mol. The molecular formula is C15H24ClN5. The summed E-state index contributed by atoms with van der Waals surface area (Å²) in [5, 5.41) is 3.78. The van der Waals surface area contributed by atoms with Crippen molar-refractivity contribution < 1.29 is 0 Å². The summed E-state index contributed by atoms with van der Waals surface area (Å²) in [4.78, 5) is 12.9. The van der Waals surface area contributed by atoms with E-state index in [-0.39, 0.29) is 5.28 Å². The minimum atomic E-state index is 0.245. The van der Waals surface area contributed by atoms with Gasteiger partial charge in [0.2, 0.25) is 5.28 Å². The van der Waals surface area contributed by atoms with Crippen molar-refractivity contribution in [1.82, 2.24) is 19.5 Å². The fourth-order valence-electron chi connectivity index (χ4n) is 2.51. The number of nitrogens with one attached hydrogen (secondary N) is 1. The standard InChI is InChI=1S/C15H24ClN5/c1-4-7-8-9-11(5-2)18-14-12-13(19-15(16)20-14)17-10-21(12)6-3/h10-11H,4-9H2,1-3H3,(H,18,19,20). The minimum Gasteiger partial charge on any atom is -0.365 e. The highest BCUT2D eigenvalue weighted by atomic mass is 35.5. The van der Waals surface area contributed by atoms with Crippen LogP contribution in [0.15, 0.2) is 6.33 Å². The molecule has 0 bridgehead atoms. The van der Waals surface area contributed by atoms with Crippen LogP contribution in [0.5, 0.6) is 0 Å². The average Bonchev–Trinajstić information content (AvgIpc) is 2.89. The zero-order chi connectivity index (χ0) is 15.2.